The van der Waals surface area contributed by atoms with E-state index in [0.29, 0.717) is 12.1 Å². The standard InChI is InChI=1S/C22H25N3O3S2/c1-14-4-3-5-16(10-14)8-9-23-21(26)17-7-6-15(2)18(11-17)24-22-25-19-12-30(27,28)13-20(19)29-22/h3-7,10-11,19-20H,8-9,12-13H2,1-2H3,(H,23,26)(H,24,25). The summed E-state index contributed by atoms with van der Waals surface area (Å²) in [6.45, 7) is 4.59. The number of fused-ring (bicyclic) bond motifs is 1. The Hall–Kier alpha value is -2.32. The molecule has 2 aliphatic rings. The molecule has 2 atom stereocenters. The van der Waals surface area contributed by atoms with E-state index >= 15 is 0 Å². The molecule has 30 heavy (non-hydrogen) atoms. The van der Waals surface area contributed by atoms with Gasteiger partial charge in [-0.15, -0.1) is 0 Å². The Balaban J connectivity index is 1.38. The predicted molar refractivity (Wildman–Crippen MR) is 123 cm³/mol. The fourth-order valence-electron chi connectivity index (χ4n) is 3.72. The number of hydrogen-bond acceptors (Lipinski definition) is 6. The number of hydrogen-bond donors (Lipinski definition) is 2. The number of thioether (sulfide) groups is 1. The number of benzene rings is 2. The van der Waals surface area contributed by atoms with Crippen LogP contribution in [0.1, 0.15) is 27.0 Å². The first kappa shape index (κ1) is 20.9. The highest BCUT2D eigenvalue weighted by molar-refractivity contribution is 8.15. The van der Waals surface area contributed by atoms with Crippen molar-refractivity contribution >= 4 is 38.4 Å². The van der Waals surface area contributed by atoms with Gasteiger partial charge in [0.2, 0.25) is 0 Å². The van der Waals surface area contributed by atoms with Crippen molar-refractivity contribution < 1.29 is 13.2 Å². The lowest BCUT2D eigenvalue weighted by molar-refractivity contribution is 0.0954. The number of amides is 1. The Bertz CT molecular complexity index is 1110. The van der Waals surface area contributed by atoms with Gasteiger partial charge in [0.15, 0.2) is 15.0 Å². The van der Waals surface area contributed by atoms with Crippen molar-refractivity contribution in [3.8, 4) is 0 Å². The smallest absolute Gasteiger partial charge is 0.251 e. The molecule has 0 bridgehead atoms. The molecule has 0 saturated carbocycles. The molecule has 2 aromatic carbocycles. The molecule has 0 spiro atoms. The number of aliphatic imine (C=N–C) groups is 1. The first-order valence-electron chi connectivity index (χ1n) is 9.95. The van der Waals surface area contributed by atoms with Crippen LogP contribution in [0.25, 0.3) is 0 Å². The van der Waals surface area contributed by atoms with E-state index in [2.05, 4.69) is 40.7 Å². The summed E-state index contributed by atoms with van der Waals surface area (Å²) in [6.07, 6.45) is 0.781. The lowest BCUT2D eigenvalue weighted by Gasteiger charge is -2.12. The number of sulfone groups is 1. The number of nitrogens with one attached hydrogen (secondary N) is 2. The third kappa shape index (κ3) is 4.87. The maximum Gasteiger partial charge on any atom is 0.251 e. The number of carbonyl (C=O) groups excluding carboxylic acids is 1. The summed E-state index contributed by atoms with van der Waals surface area (Å²) < 4.78 is 23.5. The molecule has 2 unspecified atom stereocenters. The SMILES string of the molecule is Cc1cccc(CCNC(=O)c2ccc(C)c(NC3=NC4CS(=O)(=O)CC4S3)c2)c1. The Kier molecular flexibility index (Phi) is 5.88. The van der Waals surface area contributed by atoms with Gasteiger partial charge in [0.05, 0.1) is 17.5 Å². The highest BCUT2D eigenvalue weighted by Crippen LogP contribution is 2.35. The Morgan fingerprint density at radius 2 is 2.00 bits per heavy atom. The van der Waals surface area contributed by atoms with E-state index in [4.69, 9.17) is 0 Å². The van der Waals surface area contributed by atoms with Crippen molar-refractivity contribution in [2.45, 2.75) is 31.6 Å². The minimum absolute atomic E-state index is 0.00842. The second-order valence-corrected chi connectivity index (χ2v) is 11.3. The van der Waals surface area contributed by atoms with E-state index in [1.165, 1.54) is 22.9 Å². The number of anilines is 1. The first-order valence-corrected chi connectivity index (χ1v) is 12.7. The lowest BCUT2D eigenvalue weighted by Crippen LogP contribution is -2.26. The van der Waals surface area contributed by atoms with Crippen molar-refractivity contribution in [3.63, 3.8) is 0 Å². The molecule has 2 aromatic rings. The van der Waals surface area contributed by atoms with Gasteiger partial charge in [-0.25, -0.2) is 8.42 Å². The van der Waals surface area contributed by atoms with Crippen molar-refractivity contribution in [3.05, 3.63) is 64.7 Å². The number of carbonyl (C=O) groups is 1. The quantitative estimate of drug-likeness (QED) is 0.742. The summed E-state index contributed by atoms with van der Waals surface area (Å²) in [5.41, 5.74) is 4.81. The van der Waals surface area contributed by atoms with Crippen molar-refractivity contribution in [1.29, 1.82) is 0 Å². The van der Waals surface area contributed by atoms with Crippen molar-refractivity contribution in [1.82, 2.24) is 5.32 Å². The van der Waals surface area contributed by atoms with E-state index in [9.17, 15) is 13.2 Å². The molecule has 1 amide bonds. The van der Waals surface area contributed by atoms with Crippen LogP contribution < -0.4 is 10.6 Å². The van der Waals surface area contributed by atoms with E-state index in [-0.39, 0.29) is 28.7 Å². The molecule has 6 nitrogen and oxygen atoms in total. The average molecular weight is 444 g/mol. The van der Waals surface area contributed by atoms with Gasteiger partial charge >= 0.3 is 0 Å². The highest BCUT2D eigenvalue weighted by Gasteiger charge is 2.42. The summed E-state index contributed by atoms with van der Waals surface area (Å²) in [4.78, 5) is 17.1. The lowest BCUT2D eigenvalue weighted by atomic mass is 10.1. The minimum atomic E-state index is -2.97. The Morgan fingerprint density at radius 1 is 1.17 bits per heavy atom. The van der Waals surface area contributed by atoms with Gasteiger partial charge in [0, 0.05) is 23.0 Å². The molecule has 2 aliphatic heterocycles. The van der Waals surface area contributed by atoms with Crippen LogP contribution in [0.15, 0.2) is 47.5 Å². The predicted octanol–water partition coefficient (Wildman–Crippen LogP) is 2.96. The van der Waals surface area contributed by atoms with Crippen LogP contribution in [0.2, 0.25) is 0 Å². The molecule has 8 heteroatoms. The third-order valence-electron chi connectivity index (χ3n) is 5.34. The van der Waals surface area contributed by atoms with Gasteiger partial charge in [0.25, 0.3) is 5.91 Å². The van der Waals surface area contributed by atoms with Gasteiger partial charge in [-0.1, -0.05) is 47.7 Å². The van der Waals surface area contributed by atoms with Crippen molar-refractivity contribution in [2.75, 3.05) is 23.4 Å². The number of rotatable bonds is 5. The third-order valence-corrected chi connectivity index (χ3v) is 8.48. The highest BCUT2D eigenvalue weighted by atomic mass is 32.2. The molecule has 0 aromatic heterocycles. The zero-order chi connectivity index (χ0) is 21.3. The van der Waals surface area contributed by atoms with Crippen LogP contribution in [0.3, 0.4) is 0 Å². The normalized spacial score (nSPS) is 21.7. The summed E-state index contributed by atoms with van der Waals surface area (Å²) in [5.74, 6) is 0.187. The fourth-order valence-corrected chi connectivity index (χ4v) is 7.39. The van der Waals surface area contributed by atoms with Gasteiger partial charge in [-0.05, 0) is 43.5 Å². The Morgan fingerprint density at radius 3 is 2.77 bits per heavy atom. The molecular formula is C22H25N3O3S2. The summed E-state index contributed by atoms with van der Waals surface area (Å²) in [7, 11) is -2.97. The van der Waals surface area contributed by atoms with Crippen LogP contribution in [0.4, 0.5) is 5.69 Å². The van der Waals surface area contributed by atoms with E-state index < -0.39 is 9.84 Å². The summed E-state index contributed by atoms with van der Waals surface area (Å²) >= 11 is 1.47. The van der Waals surface area contributed by atoms with Gasteiger partial charge in [0.1, 0.15) is 0 Å². The van der Waals surface area contributed by atoms with Gasteiger partial charge in [-0.3, -0.25) is 9.79 Å². The van der Waals surface area contributed by atoms with E-state index in [1.807, 2.05) is 31.2 Å². The van der Waals surface area contributed by atoms with Crippen LogP contribution in [0, 0.1) is 13.8 Å². The molecule has 158 valence electrons. The van der Waals surface area contributed by atoms with E-state index in [1.54, 1.807) is 0 Å². The number of aryl methyl sites for hydroxylation is 2. The van der Waals surface area contributed by atoms with Gasteiger partial charge < -0.3 is 10.6 Å². The maximum atomic E-state index is 12.6. The van der Waals surface area contributed by atoms with E-state index in [0.717, 1.165) is 22.8 Å². The molecule has 0 aliphatic carbocycles. The molecule has 1 fully saturated rings. The summed E-state index contributed by atoms with van der Waals surface area (Å²) in [6, 6.07) is 13.6. The van der Waals surface area contributed by atoms with Crippen LogP contribution in [-0.4, -0.2) is 48.8 Å². The largest absolute Gasteiger partial charge is 0.352 e. The van der Waals surface area contributed by atoms with Crippen molar-refractivity contribution in [2.24, 2.45) is 4.99 Å². The topological polar surface area (TPSA) is 87.6 Å². The van der Waals surface area contributed by atoms with Crippen LogP contribution in [-0.2, 0) is 16.3 Å². The number of amidine groups is 1. The van der Waals surface area contributed by atoms with Crippen LogP contribution in [0.5, 0.6) is 0 Å². The Labute approximate surface area is 181 Å². The molecule has 2 heterocycles. The molecule has 0 radical (unpaired) electrons. The molecule has 4 rings (SSSR count). The monoisotopic (exact) mass is 443 g/mol. The van der Waals surface area contributed by atoms with Gasteiger partial charge in [-0.2, -0.15) is 0 Å². The minimum Gasteiger partial charge on any atom is -0.352 e. The molecule has 2 N–H and O–H groups in total. The molecule has 1 saturated heterocycles. The number of nitrogens with zero attached hydrogens (tertiary/aromatic N) is 1. The average Bonchev–Trinajstić information content (AvgIpc) is 3.16. The maximum absolute atomic E-state index is 12.6. The summed E-state index contributed by atoms with van der Waals surface area (Å²) in [5, 5.41) is 6.98. The zero-order valence-corrected chi connectivity index (χ0v) is 18.6. The fraction of sp³-hybridized carbons (Fsp3) is 0.364. The second kappa shape index (κ2) is 8.43. The van der Waals surface area contributed by atoms with Crippen LogP contribution >= 0.6 is 11.8 Å². The zero-order valence-electron chi connectivity index (χ0n) is 17.0. The first-order chi connectivity index (χ1) is 14.3. The molecular weight excluding hydrogens is 418 g/mol. The second-order valence-electron chi connectivity index (χ2n) is 7.88.